The van der Waals surface area contributed by atoms with E-state index in [4.69, 9.17) is 11.0 Å². The summed E-state index contributed by atoms with van der Waals surface area (Å²) < 4.78 is 0. The largest absolute Gasteiger partial charge is 0.366 e. The quantitative estimate of drug-likeness (QED) is 0.845. The number of nitriles is 1. The molecule has 1 atom stereocenters. The van der Waals surface area contributed by atoms with E-state index in [1.165, 1.54) is 0 Å². The number of nitrogens with one attached hydrogen (secondary N) is 1. The van der Waals surface area contributed by atoms with Gasteiger partial charge in [-0.2, -0.15) is 5.26 Å². The Labute approximate surface area is 163 Å². The number of benzene rings is 2. The molecule has 4 rings (SSSR count). The maximum atomic E-state index is 12.9. The van der Waals surface area contributed by atoms with Gasteiger partial charge in [0.25, 0.3) is 0 Å². The van der Waals surface area contributed by atoms with E-state index in [1.807, 2.05) is 30.3 Å². The smallest absolute Gasteiger partial charge is 0.318 e. The molecular weight excluding hydrogens is 352 g/mol. The lowest BCUT2D eigenvalue weighted by Crippen LogP contribution is -2.45. The Bertz CT molecular complexity index is 993. The van der Waals surface area contributed by atoms with Crippen molar-refractivity contribution in [3.63, 3.8) is 0 Å². The maximum Gasteiger partial charge on any atom is 0.318 e. The fourth-order valence-electron chi connectivity index (χ4n) is 4.29. The molecule has 3 N–H and O–H groups in total. The van der Waals surface area contributed by atoms with Crippen molar-refractivity contribution in [2.75, 3.05) is 6.54 Å². The van der Waals surface area contributed by atoms with Crippen LogP contribution in [0.3, 0.4) is 0 Å². The van der Waals surface area contributed by atoms with Gasteiger partial charge in [0.05, 0.1) is 17.7 Å². The molecule has 0 radical (unpaired) electrons. The van der Waals surface area contributed by atoms with E-state index in [-0.39, 0.29) is 12.1 Å². The second-order valence-corrected chi connectivity index (χ2v) is 7.40. The average molecular weight is 374 g/mol. The van der Waals surface area contributed by atoms with Crippen molar-refractivity contribution < 1.29 is 9.59 Å². The van der Waals surface area contributed by atoms with Crippen LogP contribution < -0.4 is 11.1 Å². The molecule has 6 nitrogen and oxygen atoms in total. The molecule has 2 aromatic carbocycles. The lowest BCUT2D eigenvalue weighted by Gasteiger charge is -2.33. The van der Waals surface area contributed by atoms with E-state index in [0.717, 1.165) is 41.5 Å². The Kier molecular flexibility index (Phi) is 4.74. The van der Waals surface area contributed by atoms with Crippen LogP contribution in [0, 0.1) is 11.3 Å². The van der Waals surface area contributed by atoms with E-state index >= 15 is 0 Å². The van der Waals surface area contributed by atoms with E-state index in [0.29, 0.717) is 30.6 Å². The number of primary amides is 1. The first kappa shape index (κ1) is 18.1. The summed E-state index contributed by atoms with van der Waals surface area (Å²) in [5, 5.41) is 12.3. The lowest BCUT2D eigenvalue weighted by molar-refractivity contribution is 0.0999. The molecule has 0 spiro atoms. The van der Waals surface area contributed by atoms with Gasteiger partial charge in [-0.05, 0) is 66.1 Å². The fraction of sp³-hybridized carbons (Fsp3) is 0.318. The molecule has 1 aliphatic carbocycles. The van der Waals surface area contributed by atoms with Gasteiger partial charge in [0.2, 0.25) is 5.91 Å². The highest BCUT2D eigenvalue weighted by atomic mass is 16.2. The van der Waals surface area contributed by atoms with Gasteiger partial charge in [0.15, 0.2) is 0 Å². The number of fused-ring (bicyclic) bond motifs is 2. The molecular formula is C22H22N4O2. The summed E-state index contributed by atoms with van der Waals surface area (Å²) in [6.45, 7) is 1.02. The zero-order valence-electron chi connectivity index (χ0n) is 15.6. The number of rotatable bonds is 2. The van der Waals surface area contributed by atoms with Crippen LogP contribution in [0.4, 0.5) is 4.79 Å². The Morgan fingerprint density at radius 3 is 2.82 bits per heavy atom. The molecule has 28 heavy (non-hydrogen) atoms. The second-order valence-electron chi connectivity index (χ2n) is 7.40. The van der Waals surface area contributed by atoms with Crippen LogP contribution in [0.25, 0.3) is 0 Å². The standard InChI is InChI=1S/C22H22N4O2/c23-12-14-7-8-18-15(11-14)3-2-6-20(18)25-22(28)26-10-9-17-16(13-26)4-1-5-19(17)21(24)27/h1,4-5,7-8,11,20H,2-3,6,9-10,13H2,(H2,24,27)(H,25,28). The summed E-state index contributed by atoms with van der Waals surface area (Å²) in [6, 6.07) is 13.2. The zero-order chi connectivity index (χ0) is 19.7. The number of carbonyl (C=O) groups is 2. The summed E-state index contributed by atoms with van der Waals surface area (Å²) in [6.07, 6.45) is 3.43. The van der Waals surface area contributed by atoms with Gasteiger partial charge in [-0.3, -0.25) is 4.79 Å². The van der Waals surface area contributed by atoms with Crippen LogP contribution in [-0.2, 0) is 19.4 Å². The molecule has 0 bridgehead atoms. The molecule has 1 unspecified atom stereocenters. The number of aryl methyl sites for hydroxylation is 1. The SMILES string of the molecule is N#Cc1ccc2c(c1)CCCC2NC(=O)N1CCc2c(cccc2C(N)=O)C1. The average Bonchev–Trinajstić information content (AvgIpc) is 2.72. The Hall–Kier alpha value is -3.33. The van der Waals surface area contributed by atoms with Crippen molar-refractivity contribution in [2.45, 2.75) is 38.3 Å². The third-order valence-electron chi connectivity index (χ3n) is 5.70. The van der Waals surface area contributed by atoms with E-state index in [2.05, 4.69) is 11.4 Å². The molecule has 0 saturated carbocycles. The molecule has 1 aliphatic heterocycles. The van der Waals surface area contributed by atoms with Gasteiger partial charge in [-0.15, -0.1) is 0 Å². The van der Waals surface area contributed by atoms with Crippen LogP contribution in [0.5, 0.6) is 0 Å². The molecule has 142 valence electrons. The molecule has 1 heterocycles. The summed E-state index contributed by atoms with van der Waals surface area (Å²) >= 11 is 0. The van der Waals surface area contributed by atoms with E-state index < -0.39 is 5.91 Å². The highest BCUT2D eigenvalue weighted by Gasteiger charge is 2.27. The van der Waals surface area contributed by atoms with Gasteiger partial charge in [0, 0.05) is 18.7 Å². The highest BCUT2D eigenvalue weighted by Crippen LogP contribution is 2.31. The predicted octanol–water partition coefficient (Wildman–Crippen LogP) is 2.80. The number of nitrogens with zero attached hydrogens (tertiary/aromatic N) is 2. The third-order valence-corrected chi connectivity index (χ3v) is 5.70. The number of amides is 3. The van der Waals surface area contributed by atoms with Crippen molar-refractivity contribution in [3.8, 4) is 6.07 Å². The number of nitrogens with two attached hydrogens (primary N) is 1. The molecule has 2 aromatic rings. The van der Waals surface area contributed by atoms with Crippen LogP contribution in [-0.4, -0.2) is 23.4 Å². The minimum atomic E-state index is -0.426. The number of urea groups is 1. The monoisotopic (exact) mass is 374 g/mol. The summed E-state index contributed by atoms with van der Waals surface area (Å²) in [5.74, 6) is -0.426. The first-order chi connectivity index (χ1) is 13.6. The Balaban J connectivity index is 1.50. The fourth-order valence-corrected chi connectivity index (χ4v) is 4.29. The van der Waals surface area contributed by atoms with Crippen molar-refractivity contribution in [1.29, 1.82) is 5.26 Å². The van der Waals surface area contributed by atoms with Gasteiger partial charge in [0.1, 0.15) is 0 Å². The first-order valence-electron chi connectivity index (χ1n) is 9.55. The van der Waals surface area contributed by atoms with E-state index in [1.54, 1.807) is 11.0 Å². The molecule has 3 amide bonds. The molecule has 0 aromatic heterocycles. The lowest BCUT2D eigenvalue weighted by atomic mass is 9.86. The van der Waals surface area contributed by atoms with Gasteiger partial charge in [-0.1, -0.05) is 18.2 Å². The first-order valence-corrected chi connectivity index (χ1v) is 9.55. The van der Waals surface area contributed by atoms with Crippen LogP contribution in [0.15, 0.2) is 36.4 Å². The Morgan fingerprint density at radius 2 is 2.04 bits per heavy atom. The molecule has 6 heteroatoms. The predicted molar refractivity (Wildman–Crippen MR) is 104 cm³/mol. The summed E-state index contributed by atoms with van der Waals surface area (Å²) in [7, 11) is 0. The van der Waals surface area contributed by atoms with Crippen LogP contribution in [0.1, 0.15) is 57.1 Å². The normalized spacial score (nSPS) is 17.8. The summed E-state index contributed by atoms with van der Waals surface area (Å²) in [5.41, 5.74) is 10.8. The minimum Gasteiger partial charge on any atom is -0.366 e. The van der Waals surface area contributed by atoms with Crippen molar-refractivity contribution in [1.82, 2.24) is 10.2 Å². The third kappa shape index (κ3) is 3.31. The number of hydrogen-bond donors (Lipinski definition) is 2. The van der Waals surface area contributed by atoms with Crippen molar-refractivity contribution >= 4 is 11.9 Å². The number of carbonyl (C=O) groups excluding carboxylic acids is 2. The minimum absolute atomic E-state index is 0.0395. The van der Waals surface area contributed by atoms with E-state index in [9.17, 15) is 9.59 Å². The topological polar surface area (TPSA) is 99.2 Å². The van der Waals surface area contributed by atoms with Gasteiger partial charge < -0.3 is 16.0 Å². The number of hydrogen-bond acceptors (Lipinski definition) is 3. The van der Waals surface area contributed by atoms with Crippen molar-refractivity contribution in [3.05, 3.63) is 69.8 Å². The maximum absolute atomic E-state index is 12.9. The van der Waals surface area contributed by atoms with Crippen LogP contribution in [0.2, 0.25) is 0 Å². The highest BCUT2D eigenvalue weighted by molar-refractivity contribution is 5.94. The van der Waals surface area contributed by atoms with Gasteiger partial charge in [-0.25, -0.2) is 4.79 Å². The van der Waals surface area contributed by atoms with Gasteiger partial charge >= 0.3 is 6.03 Å². The zero-order valence-corrected chi connectivity index (χ0v) is 15.6. The second kappa shape index (κ2) is 7.35. The Morgan fingerprint density at radius 1 is 1.18 bits per heavy atom. The summed E-state index contributed by atoms with van der Waals surface area (Å²) in [4.78, 5) is 26.3. The van der Waals surface area contributed by atoms with Crippen LogP contribution >= 0.6 is 0 Å². The molecule has 2 aliphatic rings. The molecule has 0 fully saturated rings. The van der Waals surface area contributed by atoms with Crippen molar-refractivity contribution in [2.24, 2.45) is 5.73 Å². The molecule has 0 saturated heterocycles.